The Hall–Kier alpha value is -1.16. The van der Waals surface area contributed by atoms with Crippen LogP contribution in [-0.2, 0) is 0 Å². The third kappa shape index (κ3) is 2.78. The third-order valence-corrected chi connectivity index (χ3v) is 5.77. The van der Waals surface area contributed by atoms with Crippen molar-refractivity contribution in [1.29, 1.82) is 0 Å². The van der Waals surface area contributed by atoms with E-state index < -0.39 is 0 Å². The monoisotopic (exact) mass is 287 g/mol. The molecule has 1 aromatic heterocycles. The fourth-order valence-electron chi connectivity index (χ4n) is 4.00. The molecule has 4 nitrogen and oxygen atoms in total. The van der Waals surface area contributed by atoms with Crippen molar-refractivity contribution >= 4 is 5.82 Å². The normalized spacial score (nSPS) is 26.2. The molecule has 4 rings (SSSR count). The largest absolute Gasteiger partial charge is 0.393 e. The standard InChI is InChI=1S/C17H25N3O/c21-14-3-6-17(7-4-14)8-11-20(12-9-17)15-5-10-18-16(19-15)13-1-2-13/h5,10,13-14,21H,1-4,6-9,11-12H2. The van der Waals surface area contributed by atoms with Crippen LogP contribution in [-0.4, -0.2) is 34.3 Å². The molecule has 3 aliphatic rings. The Morgan fingerprint density at radius 2 is 1.76 bits per heavy atom. The number of aliphatic hydroxyl groups is 1. The van der Waals surface area contributed by atoms with Gasteiger partial charge in [0.15, 0.2) is 0 Å². The number of anilines is 1. The molecule has 21 heavy (non-hydrogen) atoms. The van der Waals surface area contributed by atoms with E-state index in [9.17, 15) is 5.11 Å². The Kier molecular flexibility index (Phi) is 3.37. The van der Waals surface area contributed by atoms with Crippen LogP contribution in [0.4, 0.5) is 5.82 Å². The van der Waals surface area contributed by atoms with E-state index in [1.165, 1.54) is 38.5 Å². The van der Waals surface area contributed by atoms with Crippen molar-refractivity contribution in [1.82, 2.24) is 9.97 Å². The van der Waals surface area contributed by atoms with Crippen molar-refractivity contribution in [3.63, 3.8) is 0 Å². The van der Waals surface area contributed by atoms with Crippen molar-refractivity contribution in [2.45, 2.75) is 63.4 Å². The van der Waals surface area contributed by atoms with Crippen LogP contribution in [0.5, 0.6) is 0 Å². The summed E-state index contributed by atoms with van der Waals surface area (Å²) in [5, 5.41) is 9.71. The van der Waals surface area contributed by atoms with Gasteiger partial charge in [-0.2, -0.15) is 0 Å². The Bertz CT molecular complexity index is 497. The first-order valence-electron chi connectivity index (χ1n) is 8.50. The van der Waals surface area contributed by atoms with Crippen LogP contribution in [0.2, 0.25) is 0 Å². The van der Waals surface area contributed by atoms with Gasteiger partial charge in [-0.3, -0.25) is 0 Å². The zero-order valence-corrected chi connectivity index (χ0v) is 12.7. The molecule has 0 amide bonds. The van der Waals surface area contributed by atoms with Gasteiger partial charge in [-0.25, -0.2) is 9.97 Å². The van der Waals surface area contributed by atoms with Crippen molar-refractivity contribution in [3.8, 4) is 0 Å². The Morgan fingerprint density at radius 3 is 2.43 bits per heavy atom. The van der Waals surface area contributed by atoms with Crippen molar-refractivity contribution in [2.75, 3.05) is 18.0 Å². The van der Waals surface area contributed by atoms with Crippen LogP contribution in [0.1, 0.15) is 63.1 Å². The second-order valence-corrected chi connectivity index (χ2v) is 7.27. The molecule has 4 heteroatoms. The van der Waals surface area contributed by atoms with Crippen molar-refractivity contribution in [3.05, 3.63) is 18.1 Å². The minimum Gasteiger partial charge on any atom is -0.393 e. The number of aliphatic hydroxyl groups excluding tert-OH is 1. The highest BCUT2D eigenvalue weighted by molar-refractivity contribution is 5.39. The van der Waals surface area contributed by atoms with E-state index in [2.05, 4.69) is 16.0 Å². The highest BCUT2D eigenvalue weighted by atomic mass is 16.3. The van der Waals surface area contributed by atoms with E-state index in [1.807, 2.05) is 6.20 Å². The molecule has 0 radical (unpaired) electrons. The summed E-state index contributed by atoms with van der Waals surface area (Å²) < 4.78 is 0. The Balaban J connectivity index is 1.41. The van der Waals surface area contributed by atoms with E-state index in [4.69, 9.17) is 4.98 Å². The molecule has 0 aromatic carbocycles. The molecular formula is C17H25N3O. The molecule has 0 atom stereocenters. The van der Waals surface area contributed by atoms with Crippen LogP contribution in [0.3, 0.4) is 0 Å². The van der Waals surface area contributed by atoms with Gasteiger partial charge in [-0.15, -0.1) is 0 Å². The maximum Gasteiger partial charge on any atom is 0.133 e. The minimum absolute atomic E-state index is 0.0448. The van der Waals surface area contributed by atoms with Gasteiger partial charge in [-0.1, -0.05) is 0 Å². The predicted molar refractivity (Wildman–Crippen MR) is 82.4 cm³/mol. The van der Waals surface area contributed by atoms with Crippen LogP contribution in [0.15, 0.2) is 12.3 Å². The number of rotatable bonds is 2. The maximum absolute atomic E-state index is 9.71. The molecule has 0 bridgehead atoms. The predicted octanol–water partition coefficient (Wildman–Crippen LogP) is 2.88. The maximum atomic E-state index is 9.71. The highest BCUT2D eigenvalue weighted by Crippen LogP contribution is 2.45. The zero-order chi connectivity index (χ0) is 14.3. The summed E-state index contributed by atoms with van der Waals surface area (Å²) in [4.78, 5) is 11.6. The van der Waals surface area contributed by atoms with E-state index in [1.54, 1.807) is 0 Å². The molecule has 2 saturated carbocycles. The lowest BCUT2D eigenvalue weighted by Gasteiger charge is -2.45. The van der Waals surface area contributed by atoms with Gasteiger partial charge in [0.1, 0.15) is 11.6 Å². The summed E-state index contributed by atoms with van der Waals surface area (Å²) in [5.41, 5.74) is 0.502. The third-order valence-electron chi connectivity index (χ3n) is 5.77. The first-order chi connectivity index (χ1) is 10.2. The van der Waals surface area contributed by atoms with Gasteiger partial charge in [0.2, 0.25) is 0 Å². The van der Waals surface area contributed by atoms with E-state index in [0.717, 1.165) is 37.6 Å². The summed E-state index contributed by atoms with van der Waals surface area (Å²) in [7, 11) is 0. The molecule has 2 heterocycles. The van der Waals surface area contributed by atoms with Crippen LogP contribution in [0, 0.1) is 5.41 Å². The summed E-state index contributed by atoms with van der Waals surface area (Å²) in [6, 6.07) is 2.06. The fraction of sp³-hybridized carbons (Fsp3) is 0.765. The molecule has 1 aromatic rings. The quantitative estimate of drug-likeness (QED) is 0.908. The number of nitrogens with zero attached hydrogens (tertiary/aromatic N) is 3. The summed E-state index contributed by atoms with van der Waals surface area (Å²) in [5.74, 6) is 2.80. The Labute approximate surface area is 126 Å². The van der Waals surface area contributed by atoms with Crippen molar-refractivity contribution in [2.24, 2.45) is 5.41 Å². The second kappa shape index (κ2) is 5.24. The van der Waals surface area contributed by atoms with Gasteiger partial charge in [-0.05, 0) is 62.8 Å². The SMILES string of the molecule is OC1CCC2(CC1)CCN(c1ccnc(C3CC3)n1)CC2. The molecule has 1 N–H and O–H groups in total. The molecule has 3 fully saturated rings. The molecule has 0 unspecified atom stereocenters. The number of aromatic nitrogens is 2. The summed E-state index contributed by atoms with van der Waals surface area (Å²) >= 11 is 0. The highest BCUT2D eigenvalue weighted by Gasteiger charge is 2.38. The van der Waals surface area contributed by atoms with E-state index in [-0.39, 0.29) is 6.10 Å². The van der Waals surface area contributed by atoms with Crippen molar-refractivity contribution < 1.29 is 5.11 Å². The lowest BCUT2D eigenvalue weighted by atomic mass is 9.67. The van der Waals surface area contributed by atoms with Gasteiger partial charge >= 0.3 is 0 Å². The summed E-state index contributed by atoms with van der Waals surface area (Å²) in [6.07, 6.45) is 11.3. The van der Waals surface area contributed by atoms with Crippen LogP contribution in [0.25, 0.3) is 0 Å². The van der Waals surface area contributed by atoms with Crippen LogP contribution >= 0.6 is 0 Å². The lowest BCUT2D eigenvalue weighted by Crippen LogP contribution is -2.43. The number of hydrogen-bond donors (Lipinski definition) is 1. The lowest BCUT2D eigenvalue weighted by molar-refractivity contribution is 0.0477. The molecular weight excluding hydrogens is 262 g/mol. The molecule has 1 saturated heterocycles. The first kappa shape index (κ1) is 13.5. The number of piperidine rings is 1. The van der Waals surface area contributed by atoms with Crippen LogP contribution < -0.4 is 4.90 Å². The molecule has 1 aliphatic heterocycles. The van der Waals surface area contributed by atoms with E-state index in [0.29, 0.717) is 11.3 Å². The number of hydrogen-bond acceptors (Lipinski definition) is 4. The summed E-state index contributed by atoms with van der Waals surface area (Å²) in [6.45, 7) is 2.22. The van der Waals surface area contributed by atoms with Gasteiger partial charge in [0.05, 0.1) is 6.10 Å². The average Bonchev–Trinajstić information content (AvgIpc) is 3.36. The first-order valence-corrected chi connectivity index (χ1v) is 8.50. The average molecular weight is 287 g/mol. The fourth-order valence-corrected chi connectivity index (χ4v) is 4.00. The Morgan fingerprint density at radius 1 is 1.05 bits per heavy atom. The molecule has 114 valence electrons. The minimum atomic E-state index is -0.0448. The molecule has 2 aliphatic carbocycles. The molecule has 1 spiro atoms. The second-order valence-electron chi connectivity index (χ2n) is 7.27. The zero-order valence-electron chi connectivity index (χ0n) is 12.7. The van der Waals surface area contributed by atoms with E-state index >= 15 is 0 Å². The van der Waals surface area contributed by atoms with Gasteiger partial charge in [0.25, 0.3) is 0 Å². The smallest absolute Gasteiger partial charge is 0.133 e. The van der Waals surface area contributed by atoms with Gasteiger partial charge in [0, 0.05) is 25.2 Å². The van der Waals surface area contributed by atoms with Gasteiger partial charge < -0.3 is 10.0 Å². The topological polar surface area (TPSA) is 49.2 Å².